The van der Waals surface area contributed by atoms with E-state index in [0.717, 1.165) is 16.7 Å². The first-order chi connectivity index (χ1) is 10.6. The summed E-state index contributed by atoms with van der Waals surface area (Å²) in [7, 11) is 0. The first kappa shape index (κ1) is 16.2. The Morgan fingerprint density at radius 1 is 1.05 bits per heavy atom. The van der Waals surface area contributed by atoms with Gasteiger partial charge in [0.05, 0.1) is 6.10 Å². The molecule has 0 saturated heterocycles. The van der Waals surface area contributed by atoms with Crippen LogP contribution in [0.2, 0.25) is 0 Å². The summed E-state index contributed by atoms with van der Waals surface area (Å²) in [6.45, 7) is 1.91. The van der Waals surface area contributed by atoms with Crippen molar-refractivity contribution in [2.75, 3.05) is 0 Å². The molecule has 0 aliphatic rings. The summed E-state index contributed by atoms with van der Waals surface area (Å²) in [5.41, 5.74) is 4.79. The van der Waals surface area contributed by atoms with Crippen LogP contribution in [0.25, 0.3) is 11.1 Å². The van der Waals surface area contributed by atoms with Gasteiger partial charge >= 0.3 is 0 Å². The second kappa shape index (κ2) is 7.70. The summed E-state index contributed by atoms with van der Waals surface area (Å²) in [5.74, 6) is -0.657. The summed E-state index contributed by atoms with van der Waals surface area (Å²) >= 11 is 0. The van der Waals surface area contributed by atoms with Crippen LogP contribution in [0.5, 0.6) is 0 Å². The molecule has 0 unspecified atom stereocenters. The molecule has 2 aromatic rings. The first-order valence-electron chi connectivity index (χ1n) is 7.11. The average Bonchev–Trinajstić information content (AvgIpc) is 2.56. The van der Waals surface area contributed by atoms with Crippen molar-refractivity contribution >= 4 is 5.91 Å². The molecule has 5 heteroatoms. The van der Waals surface area contributed by atoms with Crippen LogP contribution in [0.1, 0.15) is 12.5 Å². The van der Waals surface area contributed by atoms with Gasteiger partial charge in [0.1, 0.15) is 6.04 Å². The highest BCUT2D eigenvalue weighted by Crippen LogP contribution is 2.19. The maximum absolute atomic E-state index is 11.4. The Labute approximate surface area is 129 Å². The largest absolute Gasteiger partial charge is 0.391 e. The van der Waals surface area contributed by atoms with E-state index >= 15 is 0 Å². The van der Waals surface area contributed by atoms with Crippen molar-refractivity contribution in [2.24, 2.45) is 0 Å². The first-order valence-corrected chi connectivity index (χ1v) is 7.11. The summed E-state index contributed by atoms with van der Waals surface area (Å²) in [4.78, 5) is 11.4. The van der Waals surface area contributed by atoms with Gasteiger partial charge in [0.15, 0.2) is 0 Å². The fraction of sp³-hybridized carbons (Fsp3) is 0.235. The predicted octanol–water partition coefficient (Wildman–Crippen LogP) is 1.70. The van der Waals surface area contributed by atoms with Gasteiger partial charge in [0.25, 0.3) is 5.91 Å². The van der Waals surface area contributed by atoms with Crippen molar-refractivity contribution in [1.29, 1.82) is 0 Å². The van der Waals surface area contributed by atoms with E-state index < -0.39 is 18.1 Å². The van der Waals surface area contributed by atoms with Gasteiger partial charge in [-0.15, -0.1) is 0 Å². The quantitative estimate of drug-likeness (QED) is 0.483. The summed E-state index contributed by atoms with van der Waals surface area (Å²) in [6.07, 6.45) is -0.907. The minimum Gasteiger partial charge on any atom is -0.391 e. The third-order valence-corrected chi connectivity index (χ3v) is 3.46. The zero-order valence-electron chi connectivity index (χ0n) is 12.4. The number of benzene rings is 2. The molecule has 4 N–H and O–H groups in total. The van der Waals surface area contributed by atoms with Crippen LogP contribution in [0, 0.1) is 0 Å². The second-order valence-corrected chi connectivity index (χ2v) is 5.14. The summed E-state index contributed by atoms with van der Waals surface area (Å²) in [6, 6.07) is 17.1. The van der Waals surface area contributed by atoms with E-state index in [1.165, 1.54) is 6.92 Å². The van der Waals surface area contributed by atoms with Crippen molar-refractivity contribution in [3.63, 3.8) is 0 Å². The van der Waals surface area contributed by atoms with Crippen LogP contribution < -0.4 is 10.8 Å². The normalized spacial score (nSPS) is 13.4. The number of hydrogen-bond acceptors (Lipinski definition) is 4. The molecule has 22 heavy (non-hydrogen) atoms. The number of aliphatic hydroxyl groups excluding tert-OH is 1. The smallest absolute Gasteiger partial charge is 0.263 e. The van der Waals surface area contributed by atoms with Gasteiger partial charge < -0.3 is 5.11 Å². The molecule has 2 rings (SSSR count). The van der Waals surface area contributed by atoms with Crippen molar-refractivity contribution in [3.8, 4) is 11.1 Å². The minimum absolute atomic E-state index is 0.415. The van der Waals surface area contributed by atoms with Crippen molar-refractivity contribution < 1.29 is 15.1 Å². The van der Waals surface area contributed by atoms with Gasteiger partial charge in [0.2, 0.25) is 0 Å². The SMILES string of the molecule is C[C@@H](O)[C@H](NCc1ccc(-c2ccccc2)cc1)C(=O)NO. The fourth-order valence-corrected chi connectivity index (χ4v) is 2.23. The number of amides is 1. The van der Waals surface area contributed by atoms with Crippen molar-refractivity contribution in [1.82, 2.24) is 10.8 Å². The number of nitrogens with one attached hydrogen (secondary N) is 2. The second-order valence-electron chi connectivity index (χ2n) is 5.14. The lowest BCUT2D eigenvalue weighted by molar-refractivity contribution is -0.133. The molecule has 0 aliphatic carbocycles. The van der Waals surface area contributed by atoms with Crippen molar-refractivity contribution in [2.45, 2.75) is 25.6 Å². The van der Waals surface area contributed by atoms with E-state index in [9.17, 15) is 9.90 Å². The lowest BCUT2D eigenvalue weighted by atomic mass is 10.0. The molecule has 0 aromatic heterocycles. The maximum Gasteiger partial charge on any atom is 0.263 e. The molecule has 0 saturated carbocycles. The molecule has 116 valence electrons. The predicted molar refractivity (Wildman–Crippen MR) is 84.1 cm³/mol. The molecule has 5 nitrogen and oxygen atoms in total. The van der Waals surface area contributed by atoms with Crippen LogP contribution >= 0.6 is 0 Å². The van der Waals surface area contributed by atoms with E-state index in [-0.39, 0.29) is 0 Å². The summed E-state index contributed by atoms with van der Waals surface area (Å²) < 4.78 is 0. The number of carbonyl (C=O) groups excluding carboxylic acids is 1. The van der Waals surface area contributed by atoms with Crippen LogP contribution in [-0.4, -0.2) is 28.4 Å². The van der Waals surface area contributed by atoms with Gasteiger partial charge in [-0.2, -0.15) is 0 Å². The van der Waals surface area contributed by atoms with Gasteiger partial charge in [-0.05, 0) is 23.6 Å². The van der Waals surface area contributed by atoms with E-state index in [1.807, 2.05) is 54.6 Å². The molecule has 0 bridgehead atoms. The average molecular weight is 300 g/mol. The Bertz CT molecular complexity index is 597. The third-order valence-electron chi connectivity index (χ3n) is 3.46. The number of hydrogen-bond donors (Lipinski definition) is 4. The monoisotopic (exact) mass is 300 g/mol. The fourth-order valence-electron chi connectivity index (χ4n) is 2.23. The van der Waals surface area contributed by atoms with Gasteiger partial charge in [-0.3, -0.25) is 15.3 Å². The Morgan fingerprint density at radius 2 is 1.64 bits per heavy atom. The molecular formula is C17H20N2O3. The molecule has 0 aliphatic heterocycles. The standard InChI is InChI=1S/C17H20N2O3/c1-12(20)16(17(21)19-22)18-11-13-7-9-15(10-8-13)14-5-3-2-4-6-14/h2-10,12,16,18,20,22H,11H2,1H3,(H,19,21)/t12-,16+/m1/s1. The van der Waals surface area contributed by atoms with Crippen LogP contribution in [-0.2, 0) is 11.3 Å². The summed E-state index contributed by atoms with van der Waals surface area (Å²) in [5, 5.41) is 21.1. The number of hydroxylamine groups is 1. The highest BCUT2D eigenvalue weighted by molar-refractivity contribution is 5.81. The number of carbonyl (C=O) groups is 1. The minimum atomic E-state index is -0.907. The van der Waals surface area contributed by atoms with Gasteiger partial charge in [0, 0.05) is 6.54 Å². The van der Waals surface area contributed by atoms with Crippen LogP contribution in [0.3, 0.4) is 0 Å². The molecule has 0 heterocycles. The third kappa shape index (κ3) is 4.14. The molecule has 0 spiro atoms. The zero-order valence-corrected chi connectivity index (χ0v) is 12.4. The zero-order chi connectivity index (χ0) is 15.9. The number of aliphatic hydroxyl groups is 1. The molecule has 1 amide bonds. The number of rotatable bonds is 6. The Morgan fingerprint density at radius 3 is 2.18 bits per heavy atom. The lowest BCUT2D eigenvalue weighted by Crippen LogP contribution is -2.49. The van der Waals surface area contributed by atoms with E-state index in [4.69, 9.17) is 5.21 Å². The van der Waals surface area contributed by atoms with E-state index in [2.05, 4.69) is 5.32 Å². The lowest BCUT2D eigenvalue weighted by Gasteiger charge is -2.19. The van der Waals surface area contributed by atoms with E-state index in [1.54, 1.807) is 5.48 Å². The molecule has 2 atom stereocenters. The Hall–Kier alpha value is -2.21. The van der Waals surface area contributed by atoms with E-state index in [0.29, 0.717) is 6.54 Å². The topological polar surface area (TPSA) is 81.6 Å². The van der Waals surface area contributed by atoms with Crippen molar-refractivity contribution in [3.05, 3.63) is 60.2 Å². The Kier molecular flexibility index (Phi) is 5.66. The maximum atomic E-state index is 11.4. The van der Waals surface area contributed by atoms with Gasteiger partial charge in [-0.25, -0.2) is 5.48 Å². The van der Waals surface area contributed by atoms with Gasteiger partial charge in [-0.1, -0.05) is 54.6 Å². The van der Waals surface area contributed by atoms with Crippen LogP contribution in [0.4, 0.5) is 0 Å². The Balaban J connectivity index is 2.01. The molecule has 0 fully saturated rings. The highest BCUT2D eigenvalue weighted by Gasteiger charge is 2.22. The highest BCUT2D eigenvalue weighted by atomic mass is 16.5. The van der Waals surface area contributed by atoms with Crippen LogP contribution in [0.15, 0.2) is 54.6 Å². The molecule has 0 radical (unpaired) electrons. The molecular weight excluding hydrogens is 280 g/mol. The molecule has 2 aromatic carbocycles.